The van der Waals surface area contributed by atoms with Crippen LogP contribution in [0.5, 0.6) is 5.75 Å². The molecule has 1 N–H and O–H groups in total. The number of nitrogens with zero attached hydrogens (tertiary/aromatic N) is 2. The SMILES string of the molecule is COc1ccc(/C(O)=C2/C(=O)C(=O)N(c3ccc(C(=O)OC(C)C)cc3)C2c2cccnc2)cc1C. The van der Waals surface area contributed by atoms with E-state index in [4.69, 9.17) is 9.47 Å². The molecular weight excluding hydrogens is 460 g/mol. The summed E-state index contributed by atoms with van der Waals surface area (Å²) < 4.78 is 10.5. The number of ketones is 1. The number of amides is 1. The fourth-order valence-corrected chi connectivity index (χ4v) is 4.17. The number of anilines is 1. The minimum atomic E-state index is -0.922. The molecule has 2 heterocycles. The molecule has 184 valence electrons. The molecule has 0 bridgehead atoms. The van der Waals surface area contributed by atoms with Gasteiger partial charge in [0, 0.05) is 23.6 Å². The van der Waals surface area contributed by atoms with Gasteiger partial charge in [0.2, 0.25) is 0 Å². The third kappa shape index (κ3) is 4.57. The summed E-state index contributed by atoms with van der Waals surface area (Å²) in [5, 5.41) is 11.3. The normalized spacial score (nSPS) is 16.9. The third-order valence-electron chi connectivity index (χ3n) is 5.84. The van der Waals surface area contributed by atoms with Gasteiger partial charge in [-0.25, -0.2) is 4.79 Å². The number of aliphatic hydroxyl groups is 1. The number of esters is 1. The Hall–Kier alpha value is -4.46. The number of ether oxygens (including phenoxy) is 2. The number of rotatable bonds is 6. The lowest BCUT2D eigenvalue weighted by Crippen LogP contribution is -2.29. The highest BCUT2D eigenvalue weighted by Gasteiger charge is 2.47. The fraction of sp³-hybridized carbons (Fsp3) is 0.214. The lowest BCUT2D eigenvalue weighted by atomic mass is 9.95. The maximum atomic E-state index is 13.3. The number of carbonyl (C=O) groups excluding carboxylic acids is 3. The maximum absolute atomic E-state index is 13.3. The van der Waals surface area contributed by atoms with E-state index in [0.717, 1.165) is 5.56 Å². The molecule has 1 fully saturated rings. The van der Waals surface area contributed by atoms with Gasteiger partial charge in [0.25, 0.3) is 11.7 Å². The van der Waals surface area contributed by atoms with E-state index in [9.17, 15) is 19.5 Å². The van der Waals surface area contributed by atoms with Gasteiger partial charge in [0.15, 0.2) is 0 Å². The number of hydrogen-bond acceptors (Lipinski definition) is 7. The van der Waals surface area contributed by atoms with Crippen molar-refractivity contribution in [3.8, 4) is 5.75 Å². The first-order chi connectivity index (χ1) is 17.2. The zero-order valence-electron chi connectivity index (χ0n) is 20.4. The van der Waals surface area contributed by atoms with Gasteiger partial charge < -0.3 is 14.6 Å². The Morgan fingerprint density at radius 2 is 1.75 bits per heavy atom. The number of hydrogen-bond donors (Lipinski definition) is 1. The molecule has 0 saturated carbocycles. The molecule has 8 nitrogen and oxygen atoms in total. The van der Waals surface area contributed by atoms with Crippen molar-refractivity contribution in [2.24, 2.45) is 0 Å². The minimum absolute atomic E-state index is 0.0548. The molecule has 1 amide bonds. The van der Waals surface area contributed by atoms with Gasteiger partial charge in [-0.15, -0.1) is 0 Å². The number of methoxy groups -OCH3 is 1. The molecule has 3 aromatic rings. The smallest absolute Gasteiger partial charge is 0.338 e. The largest absolute Gasteiger partial charge is 0.507 e. The molecule has 1 aliphatic heterocycles. The number of aliphatic hydroxyl groups excluding tert-OH is 1. The molecule has 1 unspecified atom stereocenters. The summed E-state index contributed by atoms with van der Waals surface area (Å²) in [6.07, 6.45) is 2.85. The maximum Gasteiger partial charge on any atom is 0.338 e. The first-order valence-corrected chi connectivity index (χ1v) is 11.4. The predicted molar refractivity (Wildman–Crippen MR) is 134 cm³/mol. The molecule has 8 heteroatoms. The van der Waals surface area contributed by atoms with Gasteiger partial charge in [0.1, 0.15) is 11.5 Å². The Kier molecular flexibility index (Phi) is 6.87. The monoisotopic (exact) mass is 486 g/mol. The van der Waals surface area contributed by atoms with Crippen molar-refractivity contribution < 1.29 is 29.0 Å². The van der Waals surface area contributed by atoms with E-state index in [2.05, 4.69) is 4.98 Å². The van der Waals surface area contributed by atoms with Crippen LogP contribution in [-0.4, -0.2) is 41.0 Å². The summed E-state index contributed by atoms with van der Waals surface area (Å²) in [5.74, 6) is -1.77. The minimum Gasteiger partial charge on any atom is -0.507 e. The van der Waals surface area contributed by atoms with Gasteiger partial charge in [-0.05, 0) is 80.4 Å². The molecule has 4 rings (SSSR count). The molecule has 1 saturated heterocycles. The van der Waals surface area contributed by atoms with Crippen LogP contribution in [0.25, 0.3) is 5.76 Å². The van der Waals surface area contributed by atoms with Crippen molar-refractivity contribution in [1.82, 2.24) is 4.98 Å². The first kappa shape index (κ1) is 24.7. The number of pyridine rings is 1. The average Bonchev–Trinajstić information content (AvgIpc) is 3.14. The highest BCUT2D eigenvalue weighted by Crippen LogP contribution is 2.42. The Balaban J connectivity index is 1.83. The number of aryl methyl sites for hydroxylation is 1. The van der Waals surface area contributed by atoms with Crippen molar-refractivity contribution >= 4 is 29.1 Å². The summed E-state index contributed by atoms with van der Waals surface area (Å²) in [6.45, 7) is 5.33. The highest BCUT2D eigenvalue weighted by molar-refractivity contribution is 6.51. The topological polar surface area (TPSA) is 106 Å². The van der Waals surface area contributed by atoms with Crippen molar-refractivity contribution in [1.29, 1.82) is 0 Å². The second-order valence-electron chi connectivity index (χ2n) is 8.64. The van der Waals surface area contributed by atoms with Gasteiger partial charge in [0.05, 0.1) is 30.4 Å². The van der Waals surface area contributed by atoms with Crippen molar-refractivity contribution in [2.75, 3.05) is 12.0 Å². The fourth-order valence-electron chi connectivity index (χ4n) is 4.17. The molecule has 1 atom stereocenters. The Morgan fingerprint density at radius 1 is 1.06 bits per heavy atom. The van der Waals surface area contributed by atoms with Crippen molar-refractivity contribution in [2.45, 2.75) is 32.9 Å². The number of aromatic nitrogens is 1. The van der Waals surface area contributed by atoms with Gasteiger partial charge >= 0.3 is 5.97 Å². The summed E-state index contributed by atoms with van der Waals surface area (Å²) in [5.41, 5.74) is 2.34. The Morgan fingerprint density at radius 3 is 2.33 bits per heavy atom. The quantitative estimate of drug-likeness (QED) is 0.235. The Bertz CT molecular complexity index is 1350. The molecule has 2 aromatic carbocycles. The number of Topliss-reactive ketones (excluding diaryl/α,β-unsaturated/α-hetero) is 1. The summed E-state index contributed by atoms with van der Waals surface area (Å²) in [4.78, 5) is 44.2. The second kappa shape index (κ2) is 10.0. The Labute approximate surface area is 208 Å². The molecule has 0 spiro atoms. The third-order valence-corrected chi connectivity index (χ3v) is 5.84. The van der Waals surface area contributed by atoms with Crippen LogP contribution < -0.4 is 9.64 Å². The zero-order chi connectivity index (χ0) is 26.0. The van der Waals surface area contributed by atoms with Gasteiger partial charge in [-0.3, -0.25) is 19.5 Å². The second-order valence-corrected chi connectivity index (χ2v) is 8.64. The van der Waals surface area contributed by atoms with Crippen LogP contribution in [0.2, 0.25) is 0 Å². The van der Waals surface area contributed by atoms with Gasteiger partial charge in [-0.1, -0.05) is 6.07 Å². The van der Waals surface area contributed by atoms with Gasteiger partial charge in [-0.2, -0.15) is 0 Å². The lowest BCUT2D eigenvalue weighted by molar-refractivity contribution is -0.132. The van der Waals surface area contributed by atoms with Crippen molar-refractivity contribution in [3.05, 3.63) is 94.8 Å². The molecule has 1 aromatic heterocycles. The van der Waals surface area contributed by atoms with E-state index in [1.807, 2.05) is 6.92 Å². The van der Waals surface area contributed by atoms with Crippen LogP contribution >= 0.6 is 0 Å². The van der Waals surface area contributed by atoms with Crippen LogP contribution in [0, 0.1) is 6.92 Å². The predicted octanol–water partition coefficient (Wildman–Crippen LogP) is 4.59. The van der Waals surface area contributed by atoms with Crippen LogP contribution in [0.4, 0.5) is 5.69 Å². The first-order valence-electron chi connectivity index (χ1n) is 11.4. The number of carbonyl (C=O) groups is 3. The molecule has 0 radical (unpaired) electrons. The van der Waals surface area contributed by atoms with E-state index in [-0.39, 0.29) is 17.4 Å². The van der Waals surface area contributed by atoms with Crippen LogP contribution in [0.3, 0.4) is 0 Å². The molecule has 36 heavy (non-hydrogen) atoms. The van der Waals surface area contributed by atoms with Crippen LogP contribution in [0.15, 0.2) is 72.6 Å². The van der Waals surface area contributed by atoms with E-state index in [1.165, 1.54) is 17.0 Å². The van der Waals surface area contributed by atoms with E-state index in [1.54, 1.807) is 75.8 Å². The van der Waals surface area contributed by atoms with E-state index >= 15 is 0 Å². The van der Waals surface area contributed by atoms with Crippen LogP contribution in [0.1, 0.15) is 46.9 Å². The summed E-state index contributed by atoms with van der Waals surface area (Å²) in [7, 11) is 1.55. The zero-order valence-corrected chi connectivity index (χ0v) is 20.4. The lowest BCUT2D eigenvalue weighted by Gasteiger charge is -2.25. The summed E-state index contributed by atoms with van der Waals surface area (Å²) >= 11 is 0. The highest BCUT2D eigenvalue weighted by atomic mass is 16.5. The van der Waals surface area contributed by atoms with E-state index < -0.39 is 23.7 Å². The summed E-state index contributed by atoms with van der Waals surface area (Å²) in [6, 6.07) is 13.7. The van der Waals surface area contributed by atoms with E-state index in [0.29, 0.717) is 28.1 Å². The average molecular weight is 487 g/mol. The number of benzene rings is 2. The van der Waals surface area contributed by atoms with Crippen molar-refractivity contribution in [3.63, 3.8) is 0 Å². The standard InChI is InChI=1S/C28H26N2O6/c1-16(2)36-28(34)18-7-10-21(11-8-18)30-24(20-6-5-13-29-15-20)23(26(32)27(30)33)25(31)19-9-12-22(35-4)17(3)14-19/h5-16,24,31H,1-4H3/b25-23-. The molecule has 0 aliphatic carbocycles. The van der Waals surface area contributed by atoms with Crippen LogP contribution in [-0.2, 0) is 14.3 Å². The molecular formula is C28H26N2O6. The molecule has 1 aliphatic rings.